The molecular formula is C52H53FN4O7. The van der Waals surface area contributed by atoms with Crippen LogP contribution in [0.4, 0.5) is 4.39 Å². The van der Waals surface area contributed by atoms with Crippen molar-refractivity contribution in [3.8, 4) is 29.1 Å². The highest BCUT2D eigenvalue weighted by Gasteiger charge is 2.30. The summed E-state index contributed by atoms with van der Waals surface area (Å²) in [6.07, 6.45) is 3.72. The first kappa shape index (κ1) is 44.9. The molecule has 5 aliphatic rings. The summed E-state index contributed by atoms with van der Waals surface area (Å²) in [5.41, 5.74) is 4.11. The Hall–Kier alpha value is -7.13. The molecule has 0 aromatic heterocycles. The Morgan fingerprint density at radius 1 is 0.703 bits per heavy atom. The van der Waals surface area contributed by atoms with Gasteiger partial charge in [-0.25, -0.2) is 4.39 Å². The molecule has 5 aromatic rings. The molecular weight excluding hydrogens is 812 g/mol. The summed E-state index contributed by atoms with van der Waals surface area (Å²) < 4.78 is 32.4. The Morgan fingerprint density at radius 3 is 2.17 bits per heavy atom. The van der Waals surface area contributed by atoms with Crippen molar-refractivity contribution in [2.75, 3.05) is 19.8 Å². The van der Waals surface area contributed by atoms with Gasteiger partial charge in [-0.05, 0) is 104 Å². The molecule has 12 heteroatoms. The minimum Gasteiger partial charge on any atom is -0.490 e. The number of amides is 4. The quantitative estimate of drug-likeness (QED) is 0.141. The van der Waals surface area contributed by atoms with Crippen LogP contribution in [0.1, 0.15) is 78.5 Å². The minimum atomic E-state index is -1.02. The van der Waals surface area contributed by atoms with Crippen LogP contribution in [0.2, 0.25) is 0 Å². The maximum absolute atomic E-state index is 14.1. The smallest absolute Gasteiger partial charge is 0.258 e. The van der Waals surface area contributed by atoms with Gasteiger partial charge in [0.05, 0.1) is 6.61 Å². The lowest BCUT2D eigenvalue weighted by molar-refractivity contribution is -0.132. The van der Waals surface area contributed by atoms with E-state index in [2.05, 4.69) is 33.1 Å². The van der Waals surface area contributed by atoms with E-state index >= 15 is 0 Å². The van der Waals surface area contributed by atoms with E-state index in [9.17, 15) is 23.6 Å². The molecule has 330 valence electrons. The second-order valence-electron chi connectivity index (χ2n) is 16.1. The number of carbonyl (C=O) groups excluding carboxylic acids is 4. The molecule has 4 aliphatic heterocycles. The van der Waals surface area contributed by atoms with Crippen molar-refractivity contribution >= 4 is 23.6 Å². The predicted octanol–water partition coefficient (Wildman–Crippen LogP) is 6.90. The van der Waals surface area contributed by atoms with Gasteiger partial charge in [0.2, 0.25) is 17.7 Å². The zero-order valence-corrected chi connectivity index (χ0v) is 35.9. The van der Waals surface area contributed by atoms with E-state index in [0.717, 1.165) is 11.1 Å². The molecule has 5 aromatic carbocycles. The van der Waals surface area contributed by atoms with Gasteiger partial charge in [0.15, 0.2) is 18.1 Å². The molecule has 4 bridgehead atoms. The highest BCUT2D eigenvalue weighted by Crippen LogP contribution is 2.35. The van der Waals surface area contributed by atoms with Crippen molar-refractivity contribution in [2.24, 2.45) is 5.92 Å². The third-order valence-electron chi connectivity index (χ3n) is 11.3. The van der Waals surface area contributed by atoms with Crippen LogP contribution in [0.3, 0.4) is 0 Å². The maximum Gasteiger partial charge on any atom is 0.258 e. The summed E-state index contributed by atoms with van der Waals surface area (Å²) in [6.45, 7) is 2.25. The summed E-state index contributed by atoms with van der Waals surface area (Å²) in [6, 6.07) is 33.5. The van der Waals surface area contributed by atoms with E-state index in [4.69, 9.17) is 14.2 Å². The van der Waals surface area contributed by atoms with Crippen LogP contribution >= 0.6 is 0 Å². The van der Waals surface area contributed by atoms with Crippen LogP contribution < -0.4 is 35.5 Å². The molecule has 10 rings (SSSR count). The zero-order valence-electron chi connectivity index (χ0n) is 35.9. The van der Waals surface area contributed by atoms with Gasteiger partial charge >= 0.3 is 0 Å². The summed E-state index contributed by atoms with van der Waals surface area (Å²) in [5, 5.41) is 12.0. The molecule has 1 fully saturated rings. The normalized spacial score (nSPS) is 20.0. The van der Waals surface area contributed by atoms with Gasteiger partial charge in [-0.1, -0.05) is 90.7 Å². The van der Waals surface area contributed by atoms with Crippen LogP contribution in [0.15, 0.2) is 121 Å². The molecule has 11 nitrogen and oxygen atoms in total. The molecule has 4 amide bonds. The minimum absolute atomic E-state index is 0.0528. The fourth-order valence-electron chi connectivity index (χ4n) is 8.00. The molecule has 4 N–H and O–H groups in total. The highest BCUT2D eigenvalue weighted by atomic mass is 19.1. The number of hydrogen-bond acceptors (Lipinski definition) is 7. The standard InChI is InChI=1S/C52H53FN4O7/c1-2-62-46-31-39(17-16-37-12-9-15-42(53)29-37)28-41-33-63-44-24-20-35(21-25-44)26-27-54-51(60)45(30-36-10-5-3-6-11-36)56-52(61)49(40-13-7-4-8-14-40)57-47(58)32-38-18-22-43(23-19-38)55-48(59)34-64-50(41)46/h3-15,20-21,24-25,28-29,31,38,43,45,49H,2,18-19,22-23,26-27,30,32-34H2,1H3,(H,54,60)(H,55,59)(H,56,61)(H,57,58)/t38?,43?,45-,49+/m1/s1. The third kappa shape index (κ3) is 13.0. The van der Waals surface area contributed by atoms with Crippen molar-refractivity contribution in [3.05, 3.63) is 161 Å². The lowest BCUT2D eigenvalue weighted by Crippen LogP contribution is -2.52. The first-order valence-electron chi connectivity index (χ1n) is 21.9. The number of hydrogen-bond donors (Lipinski definition) is 4. The van der Waals surface area contributed by atoms with Gasteiger partial charge in [-0.15, -0.1) is 0 Å². The first-order chi connectivity index (χ1) is 31.2. The molecule has 0 radical (unpaired) electrons. The molecule has 4 heterocycles. The Kier molecular flexibility index (Phi) is 15.6. The number of ether oxygens (including phenoxy) is 3. The Morgan fingerprint density at radius 2 is 1.44 bits per heavy atom. The van der Waals surface area contributed by atoms with E-state index in [1.165, 1.54) is 12.1 Å². The number of benzene rings is 5. The topological polar surface area (TPSA) is 144 Å². The summed E-state index contributed by atoms with van der Waals surface area (Å²) in [4.78, 5) is 54.9. The molecule has 0 saturated heterocycles. The fourth-order valence-corrected chi connectivity index (χ4v) is 8.00. The maximum atomic E-state index is 14.1. The highest BCUT2D eigenvalue weighted by molar-refractivity contribution is 5.93. The van der Waals surface area contributed by atoms with Crippen molar-refractivity contribution in [1.82, 2.24) is 21.3 Å². The number of nitrogens with one attached hydrogen (secondary N) is 4. The van der Waals surface area contributed by atoms with Gasteiger partial charge in [-0.2, -0.15) is 0 Å². The SMILES string of the molecule is CCOc1cc(C#Cc2cccc(F)c2)cc2c1OCC(=O)NC1CCC(CC1)CC(=O)N[C@@H](c1ccccc1)C(=O)N[C@H](Cc1ccccc1)C(=O)NCCc1ccc(cc1)OC2. The van der Waals surface area contributed by atoms with Gasteiger partial charge < -0.3 is 35.5 Å². The van der Waals surface area contributed by atoms with Crippen molar-refractivity contribution in [2.45, 2.75) is 76.6 Å². The number of halogens is 1. The lowest BCUT2D eigenvalue weighted by atomic mass is 9.84. The Balaban J connectivity index is 1.14. The van der Waals surface area contributed by atoms with Gasteiger partial charge in [-0.3, -0.25) is 19.2 Å². The van der Waals surface area contributed by atoms with Crippen LogP contribution in [0.5, 0.6) is 17.2 Å². The van der Waals surface area contributed by atoms with Crippen molar-refractivity contribution in [3.63, 3.8) is 0 Å². The lowest BCUT2D eigenvalue weighted by Gasteiger charge is -2.29. The van der Waals surface area contributed by atoms with E-state index in [0.29, 0.717) is 84.8 Å². The second kappa shape index (κ2) is 22.3. The van der Waals surface area contributed by atoms with Crippen LogP contribution in [-0.2, 0) is 38.6 Å². The van der Waals surface area contributed by atoms with E-state index in [-0.39, 0.29) is 61.6 Å². The monoisotopic (exact) mass is 864 g/mol. The molecule has 64 heavy (non-hydrogen) atoms. The first-order valence-corrected chi connectivity index (χ1v) is 21.9. The summed E-state index contributed by atoms with van der Waals surface area (Å²) >= 11 is 0. The average Bonchev–Trinajstić information content (AvgIpc) is 3.30. The summed E-state index contributed by atoms with van der Waals surface area (Å²) in [7, 11) is 0. The van der Waals surface area contributed by atoms with Gasteiger partial charge in [0, 0.05) is 42.1 Å². The van der Waals surface area contributed by atoms with E-state index in [1.54, 1.807) is 42.5 Å². The molecule has 2 atom stereocenters. The predicted molar refractivity (Wildman–Crippen MR) is 241 cm³/mol. The van der Waals surface area contributed by atoms with E-state index in [1.807, 2.05) is 73.7 Å². The molecule has 0 spiro atoms. The number of rotatable bonds is 5. The Labute approximate surface area is 373 Å². The van der Waals surface area contributed by atoms with Gasteiger partial charge in [0.1, 0.15) is 30.3 Å². The van der Waals surface area contributed by atoms with E-state index < -0.39 is 18.0 Å². The molecule has 1 saturated carbocycles. The average molecular weight is 865 g/mol. The molecule has 0 unspecified atom stereocenters. The second-order valence-corrected chi connectivity index (χ2v) is 16.1. The van der Waals surface area contributed by atoms with Crippen molar-refractivity contribution in [1.29, 1.82) is 0 Å². The van der Waals surface area contributed by atoms with Crippen LogP contribution in [-0.4, -0.2) is 55.5 Å². The van der Waals surface area contributed by atoms with Crippen LogP contribution in [0, 0.1) is 23.6 Å². The van der Waals surface area contributed by atoms with Crippen molar-refractivity contribution < 1.29 is 37.8 Å². The largest absolute Gasteiger partial charge is 0.490 e. The zero-order chi connectivity index (χ0) is 44.7. The third-order valence-corrected chi connectivity index (χ3v) is 11.3. The van der Waals surface area contributed by atoms with Crippen LogP contribution in [0.25, 0.3) is 0 Å². The summed E-state index contributed by atoms with van der Waals surface area (Å²) in [5.74, 6) is 5.69. The fraction of sp³-hybridized carbons (Fsp3) is 0.308. The number of carbonyl (C=O) groups is 4. The molecule has 1 aliphatic carbocycles. The van der Waals surface area contributed by atoms with Gasteiger partial charge in [0.25, 0.3) is 5.91 Å². The Bertz CT molecular complexity index is 2450.